The molecule has 1 aliphatic heterocycles. The van der Waals surface area contributed by atoms with Crippen molar-refractivity contribution < 1.29 is 14.0 Å². The Hall–Kier alpha value is -2.27. The van der Waals surface area contributed by atoms with Crippen LogP contribution in [0.4, 0.5) is 5.69 Å². The number of likely N-dealkylation sites (tertiary alicyclic amines) is 1. The van der Waals surface area contributed by atoms with Crippen LogP contribution in [0.15, 0.2) is 41.0 Å². The van der Waals surface area contributed by atoms with E-state index in [1.54, 1.807) is 29.4 Å². The largest absolute Gasteiger partial charge is 0.467 e. The predicted molar refractivity (Wildman–Crippen MR) is 87.1 cm³/mol. The lowest BCUT2D eigenvalue weighted by Gasteiger charge is -2.15. The molecule has 0 radical (unpaired) electrons. The first-order valence-electron chi connectivity index (χ1n) is 7.40. The van der Waals surface area contributed by atoms with Crippen molar-refractivity contribution in [2.75, 3.05) is 11.9 Å². The first-order valence-corrected chi connectivity index (χ1v) is 7.78. The highest BCUT2D eigenvalue weighted by molar-refractivity contribution is 6.33. The number of aryl methyl sites for hydroxylation is 1. The standard InChI is InChI=1S/C17H17ClN2O3/c1-11-4-5-15(14(18)7-11)19-17(22)12-8-16(21)20(9-12)10-13-3-2-6-23-13/h2-7,12H,8-10H2,1H3,(H,19,22)/t12-/m0/s1. The molecule has 0 unspecified atom stereocenters. The average Bonchev–Trinajstić information content (AvgIpc) is 3.13. The van der Waals surface area contributed by atoms with Gasteiger partial charge in [-0.2, -0.15) is 0 Å². The second kappa shape index (κ2) is 6.46. The third-order valence-electron chi connectivity index (χ3n) is 3.89. The Labute approximate surface area is 139 Å². The van der Waals surface area contributed by atoms with Gasteiger partial charge in [-0.1, -0.05) is 17.7 Å². The summed E-state index contributed by atoms with van der Waals surface area (Å²) in [4.78, 5) is 26.1. The van der Waals surface area contributed by atoms with Gasteiger partial charge in [0.1, 0.15) is 5.76 Å². The van der Waals surface area contributed by atoms with Gasteiger partial charge < -0.3 is 14.6 Å². The van der Waals surface area contributed by atoms with Crippen molar-refractivity contribution >= 4 is 29.1 Å². The summed E-state index contributed by atoms with van der Waals surface area (Å²) in [6, 6.07) is 9.03. The SMILES string of the molecule is Cc1ccc(NC(=O)[C@H]2CC(=O)N(Cc3ccco3)C2)c(Cl)c1. The molecule has 0 bridgehead atoms. The number of nitrogens with zero attached hydrogens (tertiary/aromatic N) is 1. The van der Waals surface area contributed by atoms with Gasteiger partial charge >= 0.3 is 0 Å². The molecule has 0 aliphatic carbocycles. The topological polar surface area (TPSA) is 62.6 Å². The normalized spacial score (nSPS) is 17.6. The zero-order valence-electron chi connectivity index (χ0n) is 12.7. The minimum atomic E-state index is -0.380. The van der Waals surface area contributed by atoms with Crippen molar-refractivity contribution in [2.24, 2.45) is 5.92 Å². The van der Waals surface area contributed by atoms with Crippen LogP contribution < -0.4 is 5.32 Å². The Kier molecular flexibility index (Phi) is 4.39. The molecule has 1 fully saturated rings. The van der Waals surface area contributed by atoms with Crippen LogP contribution in [0, 0.1) is 12.8 Å². The third-order valence-corrected chi connectivity index (χ3v) is 4.21. The molecule has 2 aromatic rings. The molecule has 3 rings (SSSR count). The molecule has 6 heteroatoms. The molecular weight excluding hydrogens is 316 g/mol. The van der Waals surface area contributed by atoms with E-state index in [0.717, 1.165) is 5.56 Å². The van der Waals surface area contributed by atoms with E-state index in [9.17, 15) is 9.59 Å². The molecule has 5 nitrogen and oxygen atoms in total. The quantitative estimate of drug-likeness (QED) is 0.935. The molecule has 0 saturated carbocycles. The molecule has 1 aromatic heterocycles. The van der Waals surface area contributed by atoms with Gasteiger partial charge in [0.2, 0.25) is 11.8 Å². The van der Waals surface area contributed by atoms with Gasteiger partial charge in [-0.15, -0.1) is 0 Å². The van der Waals surface area contributed by atoms with E-state index in [1.807, 2.05) is 19.1 Å². The second-order valence-corrected chi connectivity index (χ2v) is 6.13. The van der Waals surface area contributed by atoms with Crippen LogP contribution in [-0.2, 0) is 16.1 Å². The maximum Gasteiger partial charge on any atom is 0.229 e. The van der Waals surface area contributed by atoms with Gasteiger partial charge in [0.05, 0.1) is 29.4 Å². The fourth-order valence-corrected chi connectivity index (χ4v) is 2.93. The Morgan fingerprint density at radius 3 is 2.96 bits per heavy atom. The number of carbonyl (C=O) groups excluding carboxylic acids is 2. The van der Waals surface area contributed by atoms with Crippen LogP contribution in [0.5, 0.6) is 0 Å². The molecule has 2 heterocycles. The lowest BCUT2D eigenvalue weighted by molar-refractivity contribution is -0.128. The summed E-state index contributed by atoms with van der Waals surface area (Å²) in [5.41, 5.74) is 1.59. The van der Waals surface area contributed by atoms with E-state index in [-0.39, 0.29) is 24.2 Å². The minimum absolute atomic E-state index is 0.0449. The highest BCUT2D eigenvalue weighted by atomic mass is 35.5. The average molecular weight is 333 g/mol. The van der Waals surface area contributed by atoms with Crippen molar-refractivity contribution in [1.82, 2.24) is 4.90 Å². The third kappa shape index (κ3) is 3.56. The monoisotopic (exact) mass is 332 g/mol. The van der Waals surface area contributed by atoms with Crippen molar-refractivity contribution in [3.8, 4) is 0 Å². The van der Waals surface area contributed by atoms with E-state index in [4.69, 9.17) is 16.0 Å². The van der Waals surface area contributed by atoms with E-state index in [0.29, 0.717) is 29.6 Å². The first kappa shape index (κ1) is 15.6. The minimum Gasteiger partial charge on any atom is -0.467 e. The highest BCUT2D eigenvalue weighted by Crippen LogP contribution is 2.26. The zero-order chi connectivity index (χ0) is 16.4. The Bertz CT molecular complexity index is 727. The van der Waals surface area contributed by atoms with Gasteiger partial charge in [0.15, 0.2) is 0 Å². The highest BCUT2D eigenvalue weighted by Gasteiger charge is 2.34. The number of benzene rings is 1. The lowest BCUT2D eigenvalue weighted by atomic mass is 10.1. The van der Waals surface area contributed by atoms with Gasteiger partial charge in [0.25, 0.3) is 0 Å². The molecule has 2 amide bonds. The van der Waals surface area contributed by atoms with Crippen molar-refractivity contribution in [3.63, 3.8) is 0 Å². The number of nitrogens with one attached hydrogen (secondary N) is 1. The van der Waals surface area contributed by atoms with Crippen molar-refractivity contribution in [1.29, 1.82) is 0 Å². The Morgan fingerprint density at radius 1 is 1.43 bits per heavy atom. The smallest absolute Gasteiger partial charge is 0.229 e. The summed E-state index contributed by atoms with van der Waals surface area (Å²) in [7, 11) is 0. The molecular formula is C17H17ClN2O3. The maximum atomic E-state index is 12.4. The summed E-state index contributed by atoms with van der Waals surface area (Å²) in [6.07, 6.45) is 1.77. The van der Waals surface area contributed by atoms with E-state index in [2.05, 4.69) is 5.32 Å². The number of halogens is 1. The van der Waals surface area contributed by atoms with Crippen LogP contribution in [0.3, 0.4) is 0 Å². The zero-order valence-corrected chi connectivity index (χ0v) is 13.5. The molecule has 1 saturated heterocycles. The number of carbonyl (C=O) groups is 2. The summed E-state index contributed by atoms with van der Waals surface area (Å²) in [5.74, 6) is 0.0958. The summed E-state index contributed by atoms with van der Waals surface area (Å²) >= 11 is 6.13. The van der Waals surface area contributed by atoms with Gasteiger partial charge in [-0.3, -0.25) is 9.59 Å². The van der Waals surface area contributed by atoms with Crippen molar-refractivity contribution in [3.05, 3.63) is 52.9 Å². The summed E-state index contributed by atoms with van der Waals surface area (Å²) in [5, 5.41) is 3.30. The summed E-state index contributed by atoms with van der Waals surface area (Å²) in [6.45, 7) is 2.70. The van der Waals surface area contributed by atoms with Crippen LogP contribution in [0.1, 0.15) is 17.7 Å². The molecule has 120 valence electrons. The van der Waals surface area contributed by atoms with Crippen LogP contribution in [0.25, 0.3) is 0 Å². The van der Waals surface area contributed by atoms with E-state index >= 15 is 0 Å². The number of hydrogen-bond acceptors (Lipinski definition) is 3. The predicted octanol–water partition coefficient (Wildman–Crippen LogP) is 3.23. The first-order chi connectivity index (χ1) is 11.0. The van der Waals surface area contributed by atoms with Crippen LogP contribution in [-0.4, -0.2) is 23.3 Å². The molecule has 0 spiro atoms. The van der Waals surface area contributed by atoms with Crippen LogP contribution in [0.2, 0.25) is 5.02 Å². The molecule has 1 aliphatic rings. The Balaban J connectivity index is 1.63. The molecule has 1 aromatic carbocycles. The van der Waals surface area contributed by atoms with Gasteiger partial charge in [-0.25, -0.2) is 0 Å². The second-order valence-electron chi connectivity index (χ2n) is 5.73. The van der Waals surface area contributed by atoms with Crippen molar-refractivity contribution in [2.45, 2.75) is 19.9 Å². The van der Waals surface area contributed by atoms with Crippen LogP contribution >= 0.6 is 11.6 Å². The number of furan rings is 1. The maximum absolute atomic E-state index is 12.4. The number of anilines is 1. The number of rotatable bonds is 4. The number of amides is 2. The molecule has 1 N–H and O–H groups in total. The fraction of sp³-hybridized carbons (Fsp3) is 0.294. The Morgan fingerprint density at radius 2 is 2.26 bits per heavy atom. The van der Waals surface area contributed by atoms with Gasteiger partial charge in [0, 0.05) is 13.0 Å². The summed E-state index contributed by atoms with van der Waals surface area (Å²) < 4.78 is 5.25. The molecule has 23 heavy (non-hydrogen) atoms. The van der Waals surface area contributed by atoms with Gasteiger partial charge in [-0.05, 0) is 36.8 Å². The van der Waals surface area contributed by atoms with E-state index in [1.165, 1.54) is 0 Å². The van der Waals surface area contributed by atoms with E-state index < -0.39 is 0 Å². The lowest BCUT2D eigenvalue weighted by Crippen LogP contribution is -2.28. The molecule has 1 atom stereocenters. The fourth-order valence-electron chi connectivity index (χ4n) is 2.65. The number of hydrogen-bond donors (Lipinski definition) is 1.